The van der Waals surface area contributed by atoms with Crippen molar-refractivity contribution < 1.29 is 9.90 Å². The van der Waals surface area contributed by atoms with E-state index < -0.39 is 0 Å². The highest BCUT2D eigenvalue weighted by atomic mass is 16.3. The van der Waals surface area contributed by atoms with Crippen molar-refractivity contribution in [3.63, 3.8) is 0 Å². The minimum atomic E-state index is -0.212. The zero-order chi connectivity index (χ0) is 13.3. The summed E-state index contributed by atoms with van der Waals surface area (Å²) in [6, 6.07) is 3.38. The van der Waals surface area contributed by atoms with Crippen LogP contribution < -0.4 is 5.32 Å². The molecule has 0 aliphatic carbocycles. The molecule has 2 N–H and O–H groups in total. The number of hydrogen-bond acceptors (Lipinski definition) is 3. The lowest BCUT2D eigenvalue weighted by Gasteiger charge is -2.09. The third kappa shape index (κ3) is 2.34. The molecule has 1 heterocycles. The van der Waals surface area contributed by atoms with Crippen LogP contribution in [0.5, 0.6) is 5.75 Å². The summed E-state index contributed by atoms with van der Waals surface area (Å²) in [4.78, 5) is 11.9. The molecule has 0 radical (unpaired) electrons. The molecule has 0 spiro atoms. The van der Waals surface area contributed by atoms with E-state index in [-0.39, 0.29) is 11.7 Å². The van der Waals surface area contributed by atoms with Crippen molar-refractivity contribution in [2.75, 3.05) is 5.32 Å². The second kappa shape index (κ2) is 4.52. The highest BCUT2D eigenvalue weighted by molar-refractivity contribution is 6.04. The normalized spacial score (nSPS) is 10.4. The maximum Gasteiger partial charge on any atom is 0.258 e. The zero-order valence-electron chi connectivity index (χ0n) is 10.6. The van der Waals surface area contributed by atoms with Crippen LogP contribution in [0.3, 0.4) is 0 Å². The van der Waals surface area contributed by atoms with Gasteiger partial charge in [-0.05, 0) is 37.1 Å². The average molecular weight is 245 g/mol. The molecule has 0 unspecified atom stereocenters. The number of rotatable bonds is 2. The van der Waals surface area contributed by atoms with Gasteiger partial charge in [-0.25, -0.2) is 0 Å². The molecule has 18 heavy (non-hydrogen) atoms. The Labute approximate surface area is 105 Å². The standard InChI is InChI=1S/C13H15N3O2/c1-8-5-12(17)9(2)4-11(8)15-13(18)10-6-14-16(3)7-10/h4-7,17H,1-3H3,(H,15,18). The molecule has 1 amide bonds. The average Bonchev–Trinajstić information content (AvgIpc) is 2.73. The number of phenolic OH excluding ortho intramolecular Hbond substituents is 1. The number of amides is 1. The zero-order valence-corrected chi connectivity index (χ0v) is 10.6. The molecule has 2 rings (SSSR count). The molecule has 94 valence electrons. The number of anilines is 1. The predicted octanol–water partition coefficient (Wildman–Crippen LogP) is 1.99. The maximum absolute atomic E-state index is 11.9. The topological polar surface area (TPSA) is 67.2 Å². The van der Waals surface area contributed by atoms with Gasteiger partial charge in [0.15, 0.2) is 0 Å². The van der Waals surface area contributed by atoms with Crippen LogP contribution in [0.2, 0.25) is 0 Å². The van der Waals surface area contributed by atoms with Gasteiger partial charge in [0, 0.05) is 18.9 Å². The van der Waals surface area contributed by atoms with Gasteiger partial charge in [-0.2, -0.15) is 5.10 Å². The number of aryl methyl sites for hydroxylation is 3. The Morgan fingerprint density at radius 1 is 1.33 bits per heavy atom. The third-order valence-electron chi connectivity index (χ3n) is 2.76. The van der Waals surface area contributed by atoms with E-state index in [1.807, 2.05) is 6.92 Å². The van der Waals surface area contributed by atoms with Crippen molar-refractivity contribution in [2.45, 2.75) is 13.8 Å². The van der Waals surface area contributed by atoms with E-state index >= 15 is 0 Å². The summed E-state index contributed by atoms with van der Waals surface area (Å²) in [5.41, 5.74) is 2.74. The van der Waals surface area contributed by atoms with Gasteiger partial charge in [0.2, 0.25) is 0 Å². The van der Waals surface area contributed by atoms with Crippen LogP contribution in [0.25, 0.3) is 0 Å². The molecule has 2 aromatic rings. The quantitative estimate of drug-likeness (QED) is 0.795. The fourth-order valence-electron chi connectivity index (χ4n) is 1.67. The third-order valence-corrected chi connectivity index (χ3v) is 2.76. The van der Waals surface area contributed by atoms with E-state index in [0.717, 1.165) is 11.1 Å². The van der Waals surface area contributed by atoms with Crippen LogP contribution in [0.15, 0.2) is 24.5 Å². The van der Waals surface area contributed by atoms with Crippen LogP contribution in [-0.4, -0.2) is 20.8 Å². The van der Waals surface area contributed by atoms with Crippen LogP contribution in [0.1, 0.15) is 21.5 Å². The van der Waals surface area contributed by atoms with Crippen molar-refractivity contribution in [3.05, 3.63) is 41.2 Å². The van der Waals surface area contributed by atoms with Gasteiger partial charge in [0.1, 0.15) is 5.75 Å². The fourth-order valence-corrected chi connectivity index (χ4v) is 1.67. The van der Waals surface area contributed by atoms with Crippen molar-refractivity contribution in [2.24, 2.45) is 7.05 Å². The number of nitrogens with one attached hydrogen (secondary N) is 1. The first kappa shape index (κ1) is 12.2. The first-order valence-corrected chi connectivity index (χ1v) is 5.57. The molecule has 0 aliphatic heterocycles. The SMILES string of the molecule is Cc1cc(NC(=O)c2cnn(C)c2)c(C)cc1O. The smallest absolute Gasteiger partial charge is 0.258 e. The highest BCUT2D eigenvalue weighted by Gasteiger charge is 2.10. The second-order valence-electron chi connectivity index (χ2n) is 4.31. The van der Waals surface area contributed by atoms with Gasteiger partial charge < -0.3 is 10.4 Å². The summed E-state index contributed by atoms with van der Waals surface area (Å²) in [6.07, 6.45) is 3.16. The van der Waals surface area contributed by atoms with Gasteiger partial charge in [0.25, 0.3) is 5.91 Å². The number of hydrogen-bond donors (Lipinski definition) is 2. The molecule has 1 aromatic heterocycles. The van der Waals surface area contributed by atoms with Crippen molar-refractivity contribution in [3.8, 4) is 5.75 Å². The number of benzene rings is 1. The first-order valence-electron chi connectivity index (χ1n) is 5.57. The largest absolute Gasteiger partial charge is 0.508 e. The number of carbonyl (C=O) groups excluding carboxylic acids is 1. The lowest BCUT2D eigenvalue weighted by Crippen LogP contribution is -2.12. The molecule has 0 atom stereocenters. The van der Waals surface area contributed by atoms with Crippen LogP contribution in [0, 0.1) is 13.8 Å². The Morgan fingerprint density at radius 3 is 2.67 bits per heavy atom. The summed E-state index contributed by atoms with van der Waals surface area (Å²) in [7, 11) is 1.76. The number of nitrogens with zero attached hydrogens (tertiary/aromatic N) is 2. The van der Waals surface area contributed by atoms with E-state index in [9.17, 15) is 9.90 Å². The molecule has 0 aliphatic rings. The molecule has 0 bridgehead atoms. The van der Waals surface area contributed by atoms with Crippen LogP contribution in [-0.2, 0) is 7.05 Å². The Morgan fingerprint density at radius 2 is 2.06 bits per heavy atom. The predicted molar refractivity (Wildman–Crippen MR) is 68.7 cm³/mol. The van der Waals surface area contributed by atoms with E-state index in [4.69, 9.17) is 0 Å². The summed E-state index contributed by atoms with van der Waals surface area (Å²) in [5, 5.41) is 16.3. The molecule has 1 aromatic carbocycles. The van der Waals surface area contributed by atoms with E-state index in [1.165, 1.54) is 6.20 Å². The molecule has 5 nitrogen and oxygen atoms in total. The highest BCUT2D eigenvalue weighted by Crippen LogP contribution is 2.25. The number of phenols is 1. The van der Waals surface area contributed by atoms with Gasteiger partial charge in [0.05, 0.1) is 11.8 Å². The molecule has 0 fully saturated rings. The maximum atomic E-state index is 11.9. The van der Waals surface area contributed by atoms with Gasteiger partial charge in [-0.1, -0.05) is 0 Å². The molecule has 0 saturated heterocycles. The van der Waals surface area contributed by atoms with Crippen molar-refractivity contribution in [1.82, 2.24) is 9.78 Å². The minimum absolute atomic E-state index is 0.212. The second-order valence-corrected chi connectivity index (χ2v) is 4.31. The van der Waals surface area contributed by atoms with Gasteiger partial charge >= 0.3 is 0 Å². The minimum Gasteiger partial charge on any atom is -0.508 e. The lowest BCUT2D eigenvalue weighted by atomic mass is 10.1. The number of aromatic hydroxyl groups is 1. The van der Waals surface area contributed by atoms with Crippen molar-refractivity contribution in [1.29, 1.82) is 0 Å². The van der Waals surface area contributed by atoms with Crippen LogP contribution >= 0.6 is 0 Å². The van der Waals surface area contributed by atoms with Crippen molar-refractivity contribution >= 4 is 11.6 Å². The summed E-state index contributed by atoms with van der Waals surface area (Å²) >= 11 is 0. The van der Waals surface area contributed by atoms with E-state index in [0.29, 0.717) is 11.3 Å². The monoisotopic (exact) mass is 245 g/mol. The molecular weight excluding hydrogens is 230 g/mol. The fraction of sp³-hybridized carbons (Fsp3) is 0.231. The summed E-state index contributed by atoms with van der Waals surface area (Å²) in [5.74, 6) is 0.0168. The van der Waals surface area contributed by atoms with Gasteiger partial charge in [-0.15, -0.1) is 0 Å². The number of carbonyl (C=O) groups is 1. The van der Waals surface area contributed by atoms with E-state index in [2.05, 4.69) is 10.4 Å². The Kier molecular flexibility index (Phi) is 3.06. The van der Waals surface area contributed by atoms with E-state index in [1.54, 1.807) is 37.0 Å². The Hall–Kier alpha value is -2.30. The summed E-state index contributed by atoms with van der Waals surface area (Å²) in [6.45, 7) is 3.62. The Bertz CT molecular complexity index is 602. The Balaban J connectivity index is 2.24. The number of aromatic nitrogens is 2. The summed E-state index contributed by atoms with van der Waals surface area (Å²) < 4.78 is 1.57. The lowest BCUT2D eigenvalue weighted by molar-refractivity contribution is 0.102. The molecular formula is C13H15N3O2. The molecule has 5 heteroatoms. The van der Waals surface area contributed by atoms with Crippen LogP contribution in [0.4, 0.5) is 5.69 Å². The first-order chi connectivity index (χ1) is 8.47. The molecule has 0 saturated carbocycles. The van der Waals surface area contributed by atoms with Gasteiger partial charge in [-0.3, -0.25) is 9.48 Å².